The summed E-state index contributed by atoms with van der Waals surface area (Å²) >= 11 is 0. The van der Waals surface area contributed by atoms with Gasteiger partial charge in [-0.2, -0.15) is 0 Å². The van der Waals surface area contributed by atoms with E-state index in [1.165, 1.54) is 96.3 Å². The second kappa shape index (κ2) is 26.2. The van der Waals surface area contributed by atoms with Gasteiger partial charge >= 0.3 is 23.1 Å². The molecule has 0 radical (unpaired) electrons. The average Bonchev–Trinajstić information content (AvgIpc) is 3.89. The standard InChI is InChI=1S/C36H58O4S.C30H54O2.CH4O.2CH4.Mg.2H/c1-24(21-27(22-32(37)33(2,3)4)41(39,40)26-11-9-8-10-12-26)29-15-16-30-28-14-13-25-23-34(5,38)19-20-35(25,6)31(28)17-18-36(29,30)7;1-20(9-8-10-26(31)27(2,3)4)23-13-14-24-22-12-11-21-19-28(5,32)17-18-29(21,6)25(22)15-16-30(23,24)7;1-2;;;;;/h8-12,24-25,27-32,37-38H,13-23H2,1-7H3;20-26,31-32H,8-19H2,1-7H3;2H,1H3;2*1H4;;;/q;;;;;+2;2*-1/t24-,25+,27?,28+,29-,30+,31+,32-,34+,35+,36-;20-,21+,22+,23-,24+,25+,26-,28+,29+,30-;;;;;;/m11....../s1. The third-order valence-corrected chi connectivity index (χ3v) is 27.4. The number of aliphatic hydroxyl groups excluding tert-OH is 3. The molecule has 8 saturated carbocycles. The van der Waals surface area contributed by atoms with Crippen LogP contribution in [0.25, 0.3) is 0 Å². The minimum atomic E-state index is -3.56. The topological polar surface area (TPSA) is 135 Å². The molecule has 0 saturated heterocycles. The molecule has 9 rings (SSSR count). The Balaban J connectivity index is 0.000000512. The van der Waals surface area contributed by atoms with E-state index in [4.69, 9.17) is 5.11 Å². The Bertz CT molecular complexity index is 2150. The van der Waals surface area contributed by atoms with Crippen molar-refractivity contribution in [2.45, 2.75) is 293 Å². The van der Waals surface area contributed by atoms with Gasteiger partial charge in [0.2, 0.25) is 0 Å². The maximum absolute atomic E-state index is 14.0. The number of sulfone groups is 1. The first-order valence-electron chi connectivity index (χ1n) is 31.3. The van der Waals surface area contributed by atoms with Gasteiger partial charge in [0.25, 0.3) is 0 Å². The first-order valence-corrected chi connectivity index (χ1v) is 32.9. The van der Waals surface area contributed by atoms with Gasteiger partial charge in [0, 0.05) is 7.11 Å². The van der Waals surface area contributed by atoms with Crippen molar-refractivity contribution in [3.8, 4) is 0 Å². The van der Waals surface area contributed by atoms with Crippen LogP contribution in [0.1, 0.15) is 262 Å². The minimum Gasteiger partial charge on any atom is -1.00 e. The largest absolute Gasteiger partial charge is 2.00 e. The molecule has 21 atom stereocenters. The molecule has 5 N–H and O–H groups in total. The van der Waals surface area contributed by atoms with Crippen LogP contribution in [0.2, 0.25) is 0 Å². The number of aliphatic hydroxyl groups is 5. The van der Waals surface area contributed by atoms with Gasteiger partial charge in [0.1, 0.15) is 0 Å². The Hall–Kier alpha value is -0.264. The summed E-state index contributed by atoms with van der Waals surface area (Å²) < 4.78 is 28.0. The first-order chi connectivity index (χ1) is 34.8. The Kier molecular flexibility index (Phi) is 23.5. The fourth-order valence-electron chi connectivity index (χ4n) is 20.4. The third-order valence-electron chi connectivity index (χ3n) is 25.2. The van der Waals surface area contributed by atoms with Gasteiger partial charge in [0.05, 0.1) is 33.6 Å². The van der Waals surface area contributed by atoms with Crippen molar-refractivity contribution < 1.29 is 36.8 Å². The van der Waals surface area contributed by atoms with Gasteiger partial charge in [-0.3, -0.25) is 0 Å². The zero-order valence-corrected chi connectivity index (χ0v) is 53.7. The summed E-state index contributed by atoms with van der Waals surface area (Å²) in [5.74, 6) is 8.84. The molecule has 0 aliphatic heterocycles. The molecule has 452 valence electrons. The molecule has 8 aliphatic carbocycles. The number of hydrogen-bond acceptors (Lipinski definition) is 7. The summed E-state index contributed by atoms with van der Waals surface area (Å²) in [7, 11) is -2.56. The maximum Gasteiger partial charge on any atom is 2.00 e. The molecule has 1 aromatic rings. The predicted octanol–water partition coefficient (Wildman–Crippen LogP) is 16.4. The molecular weight excluding hydrogens is 997 g/mol. The van der Waals surface area contributed by atoms with Crippen LogP contribution < -0.4 is 0 Å². The summed E-state index contributed by atoms with van der Waals surface area (Å²) in [5.41, 5.74) is 0.346. The van der Waals surface area contributed by atoms with Crippen molar-refractivity contribution in [1.82, 2.24) is 0 Å². The molecule has 0 spiro atoms. The molecule has 8 aliphatic rings. The maximum atomic E-state index is 14.0. The summed E-state index contributed by atoms with van der Waals surface area (Å²) in [6.45, 7) is 31.8. The van der Waals surface area contributed by atoms with Gasteiger partial charge in [-0.1, -0.05) is 129 Å². The van der Waals surface area contributed by atoms with E-state index in [0.29, 0.717) is 39.4 Å². The molecular formula is C69H126MgO7S. The average molecular weight is 1120 g/mol. The summed E-state index contributed by atoms with van der Waals surface area (Å²) in [4.78, 5) is 0.380. The number of fused-ring (bicyclic) bond motifs is 10. The summed E-state index contributed by atoms with van der Waals surface area (Å²) in [6, 6.07) is 8.90. The summed E-state index contributed by atoms with van der Waals surface area (Å²) in [5, 5.41) is 49.6. The molecule has 0 heterocycles. The first kappa shape index (κ1) is 70.2. The molecule has 7 nitrogen and oxygen atoms in total. The van der Waals surface area contributed by atoms with Crippen LogP contribution in [0.4, 0.5) is 0 Å². The Morgan fingerprint density at radius 1 is 0.538 bits per heavy atom. The molecule has 0 aromatic heterocycles. The summed E-state index contributed by atoms with van der Waals surface area (Å²) in [6.07, 6.45) is 25.8. The van der Waals surface area contributed by atoms with E-state index in [9.17, 15) is 28.8 Å². The Morgan fingerprint density at radius 2 is 0.949 bits per heavy atom. The van der Waals surface area contributed by atoms with Gasteiger partial charge < -0.3 is 28.4 Å². The van der Waals surface area contributed by atoms with Crippen molar-refractivity contribution >= 4 is 32.9 Å². The molecule has 1 aromatic carbocycles. The number of rotatable bonds is 12. The van der Waals surface area contributed by atoms with Crippen LogP contribution in [0.15, 0.2) is 35.2 Å². The molecule has 9 heteroatoms. The van der Waals surface area contributed by atoms with Crippen LogP contribution in [-0.2, 0) is 9.84 Å². The van der Waals surface area contributed by atoms with Crippen molar-refractivity contribution in [3.05, 3.63) is 30.3 Å². The van der Waals surface area contributed by atoms with E-state index < -0.39 is 32.4 Å². The molecule has 1 unspecified atom stereocenters. The second-order valence-electron chi connectivity index (χ2n) is 31.8. The number of benzene rings is 1. The third kappa shape index (κ3) is 14.0. The van der Waals surface area contributed by atoms with E-state index >= 15 is 0 Å². The van der Waals surface area contributed by atoms with E-state index in [1.807, 2.05) is 33.8 Å². The Labute approximate surface area is 500 Å². The quantitative estimate of drug-likeness (QED) is 0.132. The van der Waals surface area contributed by atoms with Crippen LogP contribution in [0.3, 0.4) is 0 Å². The fourth-order valence-corrected chi connectivity index (χ4v) is 22.3. The number of hydrogen-bond donors (Lipinski definition) is 5. The van der Waals surface area contributed by atoms with E-state index in [1.54, 1.807) is 24.3 Å². The van der Waals surface area contributed by atoms with Crippen molar-refractivity contribution in [3.63, 3.8) is 0 Å². The Morgan fingerprint density at radius 3 is 1.37 bits per heavy atom. The van der Waals surface area contributed by atoms with Crippen LogP contribution >= 0.6 is 0 Å². The van der Waals surface area contributed by atoms with E-state index in [-0.39, 0.29) is 75.4 Å². The molecule has 78 heavy (non-hydrogen) atoms. The van der Waals surface area contributed by atoms with Crippen molar-refractivity contribution in [2.75, 3.05) is 7.11 Å². The molecule has 8 fully saturated rings. The predicted molar refractivity (Wildman–Crippen MR) is 331 cm³/mol. The van der Waals surface area contributed by atoms with Gasteiger partial charge in [0.15, 0.2) is 9.84 Å². The van der Waals surface area contributed by atoms with Crippen LogP contribution in [0, 0.1) is 104 Å². The zero-order valence-electron chi connectivity index (χ0n) is 53.5. The van der Waals surface area contributed by atoms with E-state index in [2.05, 4.69) is 69.2 Å². The van der Waals surface area contributed by atoms with Gasteiger partial charge in [-0.05, 0) is 264 Å². The zero-order chi connectivity index (χ0) is 55.5. The molecule has 0 amide bonds. The smallest absolute Gasteiger partial charge is 1.00 e. The van der Waals surface area contributed by atoms with Crippen molar-refractivity contribution in [2.24, 2.45) is 104 Å². The van der Waals surface area contributed by atoms with Crippen molar-refractivity contribution in [1.29, 1.82) is 0 Å². The SMILES string of the molecule is C.C.CO.C[C@H](CC(C[C@@H](O)C(C)(C)C)S(=O)(=O)c1ccccc1)[C@H]1CC[C@H]2[C@@H]3CC[C@H]4C[C@@](C)(O)CC[C@]4(C)[C@H]3CC[C@]12C.C[C@H](CCC[C@@H](O)C(C)(C)C)[C@H]1CC[C@H]2[C@@H]3CC[C@H]4C[C@@](C)(O)CC[C@]4(C)[C@H]3CC[C@]12C.[H-].[H-].[Mg+2]. The molecule has 0 bridgehead atoms. The second-order valence-corrected chi connectivity index (χ2v) is 34.0. The monoisotopic (exact) mass is 1120 g/mol. The van der Waals surface area contributed by atoms with E-state index in [0.717, 1.165) is 98.9 Å². The van der Waals surface area contributed by atoms with Gasteiger partial charge in [-0.25, -0.2) is 8.42 Å². The van der Waals surface area contributed by atoms with Gasteiger partial charge in [-0.15, -0.1) is 0 Å². The van der Waals surface area contributed by atoms with Crippen LogP contribution in [-0.4, -0.2) is 92.8 Å². The normalized spacial score (nSPS) is 41.8. The fraction of sp³-hybridized carbons (Fsp3) is 0.913. The van der Waals surface area contributed by atoms with Crippen LogP contribution in [0.5, 0.6) is 0 Å². The minimum absolute atomic E-state index is 0.